The Morgan fingerprint density at radius 3 is 1.67 bits per heavy atom. The standard InChI is InChI=1S/C12H8O6/c13-11(14)17-8-5-1-3-7-4-2-6-9(10(7)8)18-12(15)16/h1-6H,(H,13,14)(H,15,16). The summed E-state index contributed by atoms with van der Waals surface area (Å²) in [6.07, 6.45) is -2.96. The van der Waals surface area contributed by atoms with Crippen LogP contribution >= 0.6 is 0 Å². The summed E-state index contributed by atoms with van der Waals surface area (Å²) < 4.78 is 9.19. The molecular formula is C12H8O6. The van der Waals surface area contributed by atoms with Crippen LogP contribution in [0.25, 0.3) is 10.8 Å². The van der Waals surface area contributed by atoms with Crippen LogP contribution in [0.1, 0.15) is 0 Å². The molecule has 0 bridgehead atoms. The Bertz CT molecular complexity index is 568. The van der Waals surface area contributed by atoms with Gasteiger partial charge < -0.3 is 19.7 Å². The van der Waals surface area contributed by atoms with Crippen LogP contribution in [0.15, 0.2) is 36.4 Å². The van der Waals surface area contributed by atoms with Crippen molar-refractivity contribution in [2.24, 2.45) is 0 Å². The molecule has 0 fully saturated rings. The van der Waals surface area contributed by atoms with Gasteiger partial charge in [0.15, 0.2) is 0 Å². The minimum atomic E-state index is -1.48. The first kappa shape index (κ1) is 11.7. The van der Waals surface area contributed by atoms with E-state index in [-0.39, 0.29) is 11.5 Å². The SMILES string of the molecule is O=C(O)Oc1cccc2cccc(OC(=O)O)c12. The summed E-state index contributed by atoms with van der Waals surface area (Å²) in [5.41, 5.74) is 0. The minimum absolute atomic E-state index is 0.0249. The van der Waals surface area contributed by atoms with E-state index in [0.717, 1.165) is 0 Å². The van der Waals surface area contributed by atoms with Crippen LogP contribution in [0, 0.1) is 0 Å². The van der Waals surface area contributed by atoms with Gasteiger partial charge in [0.25, 0.3) is 0 Å². The molecule has 0 aromatic heterocycles. The second-order valence-corrected chi connectivity index (χ2v) is 3.35. The van der Waals surface area contributed by atoms with Crippen LogP contribution in [0.2, 0.25) is 0 Å². The average molecular weight is 248 g/mol. The Morgan fingerprint density at radius 2 is 1.28 bits per heavy atom. The van der Waals surface area contributed by atoms with Crippen LogP contribution in [-0.2, 0) is 0 Å². The van der Waals surface area contributed by atoms with Crippen molar-refractivity contribution in [3.05, 3.63) is 36.4 Å². The molecule has 0 aliphatic heterocycles. The summed E-state index contributed by atoms with van der Waals surface area (Å²) in [5, 5.41) is 18.2. The first-order valence-corrected chi connectivity index (χ1v) is 4.91. The lowest BCUT2D eigenvalue weighted by Crippen LogP contribution is -2.06. The van der Waals surface area contributed by atoms with Gasteiger partial charge in [-0.1, -0.05) is 24.3 Å². The molecule has 92 valence electrons. The zero-order valence-electron chi connectivity index (χ0n) is 8.99. The highest BCUT2D eigenvalue weighted by Gasteiger charge is 2.13. The normalized spacial score (nSPS) is 10.0. The Morgan fingerprint density at radius 1 is 0.833 bits per heavy atom. The van der Waals surface area contributed by atoms with E-state index in [9.17, 15) is 9.59 Å². The van der Waals surface area contributed by atoms with E-state index in [4.69, 9.17) is 10.2 Å². The number of carboxylic acid groups (broad SMARTS) is 2. The highest BCUT2D eigenvalue weighted by Crippen LogP contribution is 2.34. The van der Waals surface area contributed by atoms with Gasteiger partial charge in [0.05, 0.1) is 5.39 Å². The zero-order valence-corrected chi connectivity index (χ0v) is 8.99. The number of carbonyl (C=O) groups is 2. The molecule has 0 aliphatic carbocycles. The van der Waals surface area contributed by atoms with Gasteiger partial charge in [0.2, 0.25) is 0 Å². The van der Waals surface area contributed by atoms with E-state index in [2.05, 4.69) is 9.47 Å². The Labute approximate surface area is 101 Å². The molecule has 0 unspecified atom stereocenters. The van der Waals surface area contributed by atoms with Crippen molar-refractivity contribution in [1.82, 2.24) is 0 Å². The number of hydrogen-bond acceptors (Lipinski definition) is 4. The maximum Gasteiger partial charge on any atom is 0.511 e. The first-order valence-electron chi connectivity index (χ1n) is 4.91. The van der Waals surface area contributed by atoms with Gasteiger partial charge >= 0.3 is 12.3 Å². The molecule has 0 amide bonds. The molecule has 18 heavy (non-hydrogen) atoms. The second kappa shape index (κ2) is 4.62. The summed E-state index contributed by atoms with van der Waals surface area (Å²) in [6.45, 7) is 0. The maximum absolute atomic E-state index is 10.6. The number of hydrogen-bond donors (Lipinski definition) is 2. The molecule has 0 saturated heterocycles. The molecule has 6 nitrogen and oxygen atoms in total. The van der Waals surface area contributed by atoms with E-state index in [0.29, 0.717) is 10.8 Å². The lowest BCUT2D eigenvalue weighted by atomic mass is 10.1. The lowest BCUT2D eigenvalue weighted by molar-refractivity contribution is 0.144. The quantitative estimate of drug-likeness (QED) is 0.626. The minimum Gasteiger partial charge on any atom is -0.449 e. The van der Waals surface area contributed by atoms with Crippen LogP contribution in [0.3, 0.4) is 0 Å². The van der Waals surface area contributed by atoms with E-state index in [1.165, 1.54) is 12.1 Å². The van der Waals surface area contributed by atoms with Crippen molar-refractivity contribution in [2.75, 3.05) is 0 Å². The van der Waals surface area contributed by atoms with Gasteiger partial charge in [0.1, 0.15) is 11.5 Å². The van der Waals surface area contributed by atoms with E-state index >= 15 is 0 Å². The fourth-order valence-electron chi connectivity index (χ4n) is 1.63. The molecule has 2 aromatic carbocycles. The average Bonchev–Trinajstić information content (AvgIpc) is 2.27. The van der Waals surface area contributed by atoms with Gasteiger partial charge in [-0.2, -0.15) is 0 Å². The lowest BCUT2D eigenvalue weighted by Gasteiger charge is -2.08. The third-order valence-corrected chi connectivity index (χ3v) is 2.22. The number of benzene rings is 2. The topological polar surface area (TPSA) is 93.1 Å². The van der Waals surface area contributed by atoms with Crippen LogP contribution in [0.4, 0.5) is 9.59 Å². The summed E-state index contributed by atoms with van der Waals surface area (Å²) in [6, 6.07) is 9.43. The number of rotatable bonds is 2. The maximum atomic E-state index is 10.6. The van der Waals surface area contributed by atoms with E-state index in [1.807, 2.05) is 0 Å². The number of ether oxygens (including phenoxy) is 2. The molecule has 0 spiro atoms. The van der Waals surface area contributed by atoms with Crippen molar-refractivity contribution in [1.29, 1.82) is 0 Å². The van der Waals surface area contributed by atoms with Crippen LogP contribution < -0.4 is 9.47 Å². The second-order valence-electron chi connectivity index (χ2n) is 3.35. The highest BCUT2D eigenvalue weighted by molar-refractivity contribution is 5.95. The van der Waals surface area contributed by atoms with Crippen molar-refractivity contribution in [3.63, 3.8) is 0 Å². The molecule has 6 heteroatoms. The Kier molecular flexibility index (Phi) is 3.01. The van der Waals surface area contributed by atoms with E-state index in [1.54, 1.807) is 24.3 Å². The van der Waals surface area contributed by atoms with Gasteiger partial charge in [0, 0.05) is 0 Å². The van der Waals surface area contributed by atoms with Gasteiger partial charge in [-0.15, -0.1) is 0 Å². The monoisotopic (exact) mass is 248 g/mol. The fraction of sp³-hybridized carbons (Fsp3) is 0. The molecule has 2 N–H and O–H groups in total. The molecule has 0 atom stereocenters. The molecular weight excluding hydrogens is 240 g/mol. The molecule has 0 radical (unpaired) electrons. The van der Waals surface area contributed by atoms with Gasteiger partial charge in [-0.25, -0.2) is 9.59 Å². The van der Waals surface area contributed by atoms with E-state index < -0.39 is 12.3 Å². The Balaban J connectivity index is 2.63. The molecule has 0 aliphatic rings. The predicted molar refractivity (Wildman–Crippen MR) is 61.3 cm³/mol. The summed E-state index contributed by atoms with van der Waals surface area (Å²) >= 11 is 0. The van der Waals surface area contributed by atoms with Crippen molar-refractivity contribution >= 4 is 23.1 Å². The van der Waals surface area contributed by atoms with Crippen molar-refractivity contribution in [2.45, 2.75) is 0 Å². The van der Waals surface area contributed by atoms with Crippen molar-refractivity contribution in [3.8, 4) is 11.5 Å². The zero-order chi connectivity index (χ0) is 13.1. The van der Waals surface area contributed by atoms with Crippen LogP contribution in [0.5, 0.6) is 11.5 Å². The fourth-order valence-corrected chi connectivity index (χ4v) is 1.63. The predicted octanol–water partition coefficient (Wildman–Crippen LogP) is 2.95. The van der Waals surface area contributed by atoms with Crippen molar-refractivity contribution < 1.29 is 29.3 Å². The summed E-state index contributed by atoms with van der Waals surface area (Å²) in [4.78, 5) is 21.1. The molecule has 0 saturated carbocycles. The van der Waals surface area contributed by atoms with Crippen LogP contribution in [-0.4, -0.2) is 22.5 Å². The third-order valence-electron chi connectivity index (χ3n) is 2.22. The highest BCUT2D eigenvalue weighted by atomic mass is 16.7. The summed E-state index contributed by atoms with van der Waals surface area (Å²) in [5.74, 6) is 0.0497. The molecule has 2 rings (SSSR count). The summed E-state index contributed by atoms with van der Waals surface area (Å²) in [7, 11) is 0. The smallest absolute Gasteiger partial charge is 0.449 e. The third kappa shape index (κ3) is 2.32. The number of fused-ring (bicyclic) bond motifs is 1. The molecule has 0 heterocycles. The largest absolute Gasteiger partial charge is 0.511 e. The Hall–Kier alpha value is -2.76. The van der Waals surface area contributed by atoms with Gasteiger partial charge in [-0.05, 0) is 17.5 Å². The molecule has 2 aromatic rings. The van der Waals surface area contributed by atoms with Gasteiger partial charge in [-0.3, -0.25) is 0 Å². The first-order chi connectivity index (χ1) is 8.58.